The van der Waals surface area contributed by atoms with Crippen molar-refractivity contribution in [1.29, 1.82) is 5.41 Å². The van der Waals surface area contributed by atoms with Gasteiger partial charge in [-0.3, -0.25) is 15.1 Å². The summed E-state index contributed by atoms with van der Waals surface area (Å²) in [6, 6.07) is 0.605. The van der Waals surface area contributed by atoms with Crippen LogP contribution in [-0.4, -0.2) is 59.4 Å². The van der Waals surface area contributed by atoms with Gasteiger partial charge in [-0.05, 0) is 44.9 Å². The highest BCUT2D eigenvalue weighted by Crippen LogP contribution is 2.35. The van der Waals surface area contributed by atoms with Gasteiger partial charge < -0.3 is 15.5 Å². The first-order valence-electron chi connectivity index (χ1n) is 10.5. The van der Waals surface area contributed by atoms with Crippen LogP contribution in [0, 0.1) is 11.3 Å². The van der Waals surface area contributed by atoms with Gasteiger partial charge in [-0.1, -0.05) is 32.1 Å². The van der Waals surface area contributed by atoms with E-state index in [1.54, 1.807) is 7.05 Å². The van der Waals surface area contributed by atoms with Crippen molar-refractivity contribution in [2.75, 3.05) is 14.1 Å². The normalized spacial score (nSPS) is 32.3. The van der Waals surface area contributed by atoms with Crippen LogP contribution < -0.4 is 10.6 Å². The van der Waals surface area contributed by atoms with E-state index in [2.05, 4.69) is 10.6 Å². The largest absolute Gasteiger partial charge is 0.342 e. The molecule has 0 bridgehead atoms. The van der Waals surface area contributed by atoms with Gasteiger partial charge in [0.15, 0.2) is 5.96 Å². The number of nitrogens with zero attached hydrogens (tertiary/aromatic N) is 2. The highest BCUT2D eigenvalue weighted by molar-refractivity contribution is 6.07. The van der Waals surface area contributed by atoms with Crippen LogP contribution in [0.25, 0.3) is 0 Å². The molecule has 1 saturated heterocycles. The fourth-order valence-corrected chi connectivity index (χ4v) is 5.07. The molecule has 2 aliphatic carbocycles. The van der Waals surface area contributed by atoms with Gasteiger partial charge in [-0.15, -0.1) is 0 Å². The maximum Gasteiger partial charge on any atom is 0.317 e. The number of carbonyl (C=O) groups is 2. The number of nitrogens with one attached hydrogen (secondary N) is 3. The summed E-state index contributed by atoms with van der Waals surface area (Å²) in [5.74, 6) is 0.534. The van der Waals surface area contributed by atoms with Gasteiger partial charge in [-0.2, -0.15) is 0 Å². The van der Waals surface area contributed by atoms with E-state index in [0.29, 0.717) is 18.4 Å². The van der Waals surface area contributed by atoms with Crippen molar-refractivity contribution >= 4 is 17.9 Å². The third-order valence-electron chi connectivity index (χ3n) is 6.76. The van der Waals surface area contributed by atoms with Gasteiger partial charge in [0.1, 0.15) is 5.54 Å². The Morgan fingerprint density at radius 1 is 1.26 bits per heavy atom. The zero-order valence-electron chi connectivity index (χ0n) is 17.0. The summed E-state index contributed by atoms with van der Waals surface area (Å²) in [5.41, 5.74) is -0.693. The molecule has 0 unspecified atom stereocenters. The maximum atomic E-state index is 12.7. The van der Waals surface area contributed by atoms with Crippen LogP contribution in [0.3, 0.4) is 0 Å². The number of urea groups is 1. The number of likely N-dealkylation sites (N-methyl/N-ethyl adjacent to an activating group) is 1. The first kappa shape index (κ1) is 20.0. The third-order valence-corrected chi connectivity index (χ3v) is 6.76. The van der Waals surface area contributed by atoms with Gasteiger partial charge in [0.05, 0.1) is 0 Å². The summed E-state index contributed by atoms with van der Waals surface area (Å²) in [6.45, 7) is 1.90. The predicted molar refractivity (Wildman–Crippen MR) is 106 cm³/mol. The number of carbonyl (C=O) groups excluding carboxylic acids is 2. The molecule has 152 valence electrons. The minimum Gasteiger partial charge on any atom is -0.342 e. The fraction of sp³-hybridized carbons (Fsp3) is 0.850. The second kappa shape index (κ2) is 8.07. The maximum absolute atomic E-state index is 12.7. The van der Waals surface area contributed by atoms with Gasteiger partial charge in [-0.25, -0.2) is 4.79 Å². The van der Waals surface area contributed by atoms with Crippen LogP contribution in [-0.2, 0) is 4.79 Å². The zero-order valence-corrected chi connectivity index (χ0v) is 17.0. The molecule has 3 rings (SSSR count). The molecule has 7 heteroatoms. The average Bonchev–Trinajstić information content (AvgIpc) is 2.84. The quantitative estimate of drug-likeness (QED) is 0.704. The van der Waals surface area contributed by atoms with Crippen molar-refractivity contribution in [3.05, 3.63) is 0 Å². The van der Waals surface area contributed by atoms with Crippen LogP contribution >= 0.6 is 0 Å². The molecule has 0 spiro atoms. The Kier molecular flexibility index (Phi) is 5.96. The minimum atomic E-state index is -0.693. The van der Waals surface area contributed by atoms with Gasteiger partial charge in [0, 0.05) is 26.2 Å². The molecule has 7 nitrogen and oxygen atoms in total. The summed E-state index contributed by atoms with van der Waals surface area (Å²) in [7, 11) is 3.56. The molecule has 2 saturated carbocycles. The summed E-state index contributed by atoms with van der Waals surface area (Å²) >= 11 is 0. The standard InChI is InChI=1S/C20H35N5O2/c1-20(17(26)25(3)18(21)23-20)13-14-8-7-11-16(12-14)24(2)19(27)22-15-9-5-4-6-10-15/h14-16H,4-13H2,1-3H3,(H2,21,23)(H,22,27)/t14-,16+,20+/m0/s1. The summed E-state index contributed by atoms with van der Waals surface area (Å²) in [6.07, 6.45) is 10.7. The lowest BCUT2D eigenvalue weighted by Crippen LogP contribution is -2.50. The Labute approximate surface area is 162 Å². The number of rotatable bonds is 4. The second-order valence-corrected chi connectivity index (χ2v) is 8.96. The van der Waals surface area contributed by atoms with Crippen LogP contribution in [0.2, 0.25) is 0 Å². The lowest BCUT2D eigenvalue weighted by Gasteiger charge is -2.38. The fourth-order valence-electron chi connectivity index (χ4n) is 5.07. The van der Waals surface area contributed by atoms with Crippen molar-refractivity contribution in [1.82, 2.24) is 20.4 Å². The molecule has 3 amide bonds. The molecule has 1 aliphatic heterocycles. The average molecular weight is 378 g/mol. The first-order chi connectivity index (χ1) is 12.8. The molecule has 3 atom stereocenters. The molecule has 27 heavy (non-hydrogen) atoms. The summed E-state index contributed by atoms with van der Waals surface area (Å²) in [4.78, 5) is 28.5. The van der Waals surface area contributed by atoms with Crippen molar-refractivity contribution in [3.8, 4) is 0 Å². The molecule has 3 fully saturated rings. The van der Waals surface area contributed by atoms with E-state index < -0.39 is 5.54 Å². The van der Waals surface area contributed by atoms with E-state index >= 15 is 0 Å². The topological polar surface area (TPSA) is 88.5 Å². The molecule has 3 N–H and O–H groups in total. The minimum absolute atomic E-state index is 0.0296. The van der Waals surface area contributed by atoms with Crippen LogP contribution in [0.4, 0.5) is 4.79 Å². The van der Waals surface area contributed by atoms with E-state index in [1.807, 2.05) is 18.9 Å². The van der Waals surface area contributed by atoms with E-state index in [1.165, 1.54) is 24.2 Å². The van der Waals surface area contributed by atoms with Crippen LogP contribution in [0.5, 0.6) is 0 Å². The monoisotopic (exact) mass is 377 g/mol. The number of hydrogen-bond acceptors (Lipinski definition) is 3. The van der Waals surface area contributed by atoms with E-state index in [9.17, 15) is 9.59 Å². The molecule has 0 radical (unpaired) electrons. The highest BCUT2D eigenvalue weighted by atomic mass is 16.2. The SMILES string of the molecule is CN1C(=N)N[C@](C)(C[C@H]2CCC[C@@H](N(C)C(=O)NC3CCCCC3)C2)C1=O. The number of amides is 3. The van der Waals surface area contributed by atoms with Gasteiger partial charge in [0.25, 0.3) is 5.91 Å². The predicted octanol–water partition coefficient (Wildman–Crippen LogP) is 2.66. The molecule has 0 aromatic rings. The molecule has 0 aromatic heterocycles. The Morgan fingerprint density at radius 3 is 2.59 bits per heavy atom. The number of hydrogen-bond donors (Lipinski definition) is 3. The number of guanidine groups is 1. The molecule has 0 aromatic carbocycles. The van der Waals surface area contributed by atoms with Crippen LogP contribution in [0.15, 0.2) is 0 Å². The summed E-state index contributed by atoms with van der Waals surface area (Å²) in [5, 5.41) is 14.2. The lowest BCUT2D eigenvalue weighted by molar-refractivity contribution is -0.130. The van der Waals surface area contributed by atoms with Crippen LogP contribution in [0.1, 0.15) is 71.1 Å². The molecule has 1 heterocycles. The highest BCUT2D eigenvalue weighted by Gasteiger charge is 2.46. The lowest BCUT2D eigenvalue weighted by atomic mass is 9.77. The van der Waals surface area contributed by atoms with E-state index in [4.69, 9.17) is 5.41 Å². The smallest absolute Gasteiger partial charge is 0.317 e. The second-order valence-electron chi connectivity index (χ2n) is 8.96. The summed E-state index contributed by atoms with van der Waals surface area (Å²) < 4.78 is 0. The Bertz CT molecular complexity index is 589. The molecule has 3 aliphatic rings. The molecular weight excluding hydrogens is 342 g/mol. The van der Waals surface area contributed by atoms with E-state index in [0.717, 1.165) is 38.5 Å². The molecular formula is C20H35N5O2. The zero-order chi connectivity index (χ0) is 19.6. The Hall–Kier alpha value is -1.79. The third kappa shape index (κ3) is 4.38. The van der Waals surface area contributed by atoms with E-state index in [-0.39, 0.29) is 23.9 Å². The Balaban J connectivity index is 1.54. The van der Waals surface area contributed by atoms with Gasteiger partial charge >= 0.3 is 6.03 Å². The van der Waals surface area contributed by atoms with Crippen molar-refractivity contribution < 1.29 is 9.59 Å². The Morgan fingerprint density at radius 2 is 1.96 bits per heavy atom. The van der Waals surface area contributed by atoms with Crippen molar-refractivity contribution in [2.24, 2.45) is 5.92 Å². The van der Waals surface area contributed by atoms with Crippen molar-refractivity contribution in [2.45, 2.75) is 88.8 Å². The van der Waals surface area contributed by atoms with Gasteiger partial charge in [0.2, 0.25) is 0 Å². The van der Waals surface area contributed by atoms with Crippen molar-refractivity contribution in [3.63, 3.8) is 0 Å². The first-order valence-corrected chi connectivity index (χ1v) is 10.5.